The van der Waals surface area contributed by atoms with Crippen LogP contribution in [0.3, 0.4) is 0 Å². The van der Waals surface area contributed by atoms with Gasteiger partial charge in [-0.2, -0.15) is 4.98 Å². The van der Waals surface area contributed by atoms with E-state index in [1.165, 1.54) is 18.5 Å². The number of hydrogen-bond acceptors (Lipinski definition) is 5. The maximum atomic E-state index is 14.1. The van der Waals surface area contributed by atoms with Gasteiger partial charge in [-0.3, -0.25) is 9.78 Å². The molecule has 0 spiro atoms. The molecule has 3 aromatic rings. The molecule has 0 aliphatic carbocycles. The first-order valence-corrected chi connectivity index (χ1v) is 7.76. The van der Waals surface area contributed by atoms with Crippen LogP contribution in [0.25, 0.3) is 11.1 Å². The van der Waals surface area contributed by atoms with Gasteiger partial charge < -0.3 is 9.84 Å². The molecule has 0 unspecified atom stereocenters. The fraction of sp³-hybridized carbons (Fsp3) is 0.222. The first-order chi connectivity index (χ1) is 11.9. The Kier molecular flexibility index (Phi) is 4.56. The van der Waals surface area contributed by atoms with Crippen molar-refractivity contribution in [3.05, 3.63) is 65.3 Å². The van der Waals surface area contributed by atoms with Gasteiger partial charge in [0.05, 0.1) is 5.56 Å². The number of rotatable bonds is 4. The van der Waals surface area contributed by atoms with Crippen molar-refractivity contribution in [3.8, 4) is 11.1 Å². The number of amides is 1. The summed E-state index contributed by atoms with van der Waals surface area (Å²) in [6.45, 7) is 5.25. The van der Waals surface area contributed by atoms with Gasteiger partial charge in [-0.25, -0.2) is 4.39 Å². The van der Waals surface area contributed by atoms with E-state index in [-0.39, 0.29) is 11.7 Å². The maximum absolute atomic E-state index is 14.1. The molecule has 7 heteroatoms. The molecular weight excluding hydrogens is 323 g/mol. The number of carbonyl (C=O) groups is 1. The number of halogens is 1. The number of pyridine rings is 1. The summed E-state index contributed by atoms with van der Waals surface area (Å²) in [7, 11) is 0. The first-order valence-electron chi connectivity index (χ1n) is 7.76. The van der Waals surface area contributed by atoms with E-state index in [9.17, 15) is 9.18 Å². The van der Waals surface area contributed by atoms with Crippen LogP contribution in [0.15, 0.2) is 41.2 Å². The number of nitrogens with one attached hydrogen (secondary N) is 1. The van der Waals surface area contributed by atoms with Crippen molar-refractivity contribution in [2.45, 2.75) is 26.8 Å². The SMILES string of the molecule is Cc1ccc(-c2cncc(C(=O)N[C@H](C)c3nc(C)no3)c2)c(F)c1. The van der Waals surface area contributed by atoms with Crippen LogP contribution in [0.2, 0.25) is 0 Å². The molecule has 0 fully saturated rings. The number of aromatic nitrogens is 3. The van der Waals surface area contributed by atoms with Gasteiger partial charge in [0.2, 0.25) is 5.89 Å². The molecule has 0 saturated heterocycles. The summed E-state index contributed by atoms with van der Waals surface area (Å²) in [5.41, 5.74) is 2.08. The van der Waals surface area contributed by atoms with Gasteiger partial charge in [0, 0.05) is 23.5 Å². The third-order valence-electron chi connectivity index (χ3n) is 3.70. The van der Waals surface area contributed by atoms with Gasteiger partial charge in [0.1, 0.15) is 11.9 Å². The molecule has 1 aromatic carbocycles. The van der Waals surface area contributed by atoms with Crippen LogP contribution >= 0.6 is 0 Å². The Bertz CT molecular complexity index is 923. The lowest BCUT2D eigenvalue weighted by atomic mass is 10.0. The third-order valence-corrected chi connectivity index (χ3v) is 3.70. The Morgan fingerprint density at radius 3 is 2.72 bits per heavy atom. The third kappa shape index (κ3) is 3.71. The Labute approximate surface area is 144 Å². The molecular formula is C18H17FN4O2. The van der Waals surface area contributed by atoms with Crippen molar-refractivity contribution in [2.24, 2.45) is 0 Å². The smallest absolute Gasteiger partial charge is 0.253 e. The Morgan fingerprint density at radius 2 is 2.04 bits per heavy atom. The molecule has 0 radical (unpaired) electrons. The second-order valence-electron chi connectivity index (χ2n) is 5.82. The van der Waals surface area contributed by atoms with Crippen molar-refractivity contribution < 1.29 is 13.7 Å². The number of hydrogen-bond donors (Lipinski definition) is 1. The van der Waals surface area contributed by atoms with E-state index in [4.69, 9.17) is 4.52 Å². The highest BCUT2D eigenvalue weighted by molar-refractivity contribution is 5.95. The number of nitrogens with zero attached hydrogens (tertiary/aromatic N) is 3. The van der Waals surface area contributed by atoms with E-state index < -0.39 is 6.04 Å². The monoisotopic (exact) mass is 340 g/mol. The Balaban J connectivity index is 1.82. The lowest BCUT2D eigenvalue weighted by Gasteiger charge is -2.11. The zero-order valence-corrected chi connectivity index (χ0v) is 14.1. The van der Waals surface area contributed by atoms with Crippen LogP contribution in [0.1, 0.15) is 40.6 Å². The van der Waals surface area contributed by atoms with E-state index >= 15 is 0 Å². The summed E-state index contributed by atoms with van der Waals surface area (Å²) < 4.78 is 19.2. The van der Waals surface area contributed by atoms with E-state index in [2.05, 4.69) is 20.4 Å². The molecule has 1 N–H and O–H groups in total. The molecule has 128 valence electrons. The lowest BCUT2D eigenvalue weighted by molar-refractivity contribution is 0.0932. The van der Waals surface area contributed by atoms with Crippen LogP contribution in [0.5, 0.6) is 0 Å². The van der Waals surface area contributed by atoms with Crippen LogP contribution in [0, 0.1) is 19.7 Å². The molecule has 0 aliphatic rings. The van der Waals surface area contributed by atoms with Gasteiger partial charge in [-0.15, -0.1) is 0 Å². The Hall–Kier alpha value is -3.09. The quantitative estimate of drug-likeness (QED) is 0.787. The van der Waals surface area contributed by atoms with Crippen molar-refractivity contribution >= 4 is 5.91 Å². The fourth-order valence-corrected chi connectivity index (χ4v) is 2.40. The summed E-state index contributed by atoms with van der Waals surface area (Å²) in [5.74, 6) is 0.105. The zero-order chi connectivity index (χ0) is 18.0. The molecule has 25 heavy (non-hydrogen) atoms. The summed E-state index contributed by atoms with van der Waals surface area (Å²) >= 11 is 0. The van der Waals surface area contributed by atoms with Crippen molar-refractivity contribution in [1.82, 2.24) is 20.4 Å². The number of aryl methyl sites for hydroxylation is 2. The summed E-state index contributed by atoms with van der Waals surface area (Å²) in [6, 6.07) is 6.08. The standard InChI is InChI=1S/C18H17FN4O2/c1-10-4-5-15(16(19)6-10)13-7-14(9-20-8-13)17(24)21-11(2)18-22-12(3)23-25-18/h4-9,11H,1-3H3,(H,21,24)/t11-/m1/s1. The molecule has 0 saturated carbocycles. The van der Waals surface area contributed by atoms with Gasteiger partial charge in [-0.05, 0) is 38.5 Å². The predicted molar refractivity (Wildman–Crippen MR) is 89.3 cm³/mol. The average Bonchev–Trinajstić information content (AvgIpc) is 3.01. The van der Waals surface area contributed by atoms with Crippen LogP contribution < -0.4 is 5.32 Å². The van der Waals surface area contributed by atoms with E-state index in [1.54, 1.807) is 26.0 Å². The first kappa shape index (κ1) is 16.8. The highest BCUT2D eigenvalue weighted by atomic mass is 19.1. The minimum Gasteiger partial charge on any atom is -0.340 e. The van der Waals surface area contributed by atoms with E-state index in [0.717, 1.165) is 5.56 Å². The average molecular weight is 340 g/mol. The van der Waals surface area contributed by atoms with Gasteiger partial charge in [-0.1, -0.05) is 17.3 Å². The second kappa shape index (κ2) is 6.80. The van der Waals surface area contributed by atoms with Crippen molar-refractivity contribution in [1.29, 1.82) is 0 Å². The minimum atomic E-state index is -0.450. The zero-order valence-electron chi connectivity index (χ0n) is 14.1. The predicted octanol–water partition coefficient (Wildman–Crippen LogP) is 3.38. The fourth-order valence-electron chi connectivity index (χ4n) is 2.40. The topological polar surface area (TPSA) is 80.9 Å². The van der Waals surface area contributed by atoms with E-state index in [0.29, 0.717) is 28.4 Å². The summed E-state index contributed by atoms with van der Waals surface area (Å²) in [6.07, 6.45) is 2.95. The molecule has 2 heterocycles. The minimum absolute atomic E-state index is 0.319. The molecule has 3 rings (SSSR count). The highest BCUT2D eigenvalue weighted by Crippen LogP contribution is 2.24. The second-order valence-corrected chi connectivity index (χ2v) is 5.82. The Morgan fingerprint density at radius 1 is 1.24 bits per heavy atom. The van der Waals surface area contributed by atoms with Crippen LogP contribution in [-0.4, -0.2) is 21.0 Å². The van der Waals surface area contributed by atoms with Crippen molar-refractivity contribution in [2.75, 3.05) is 0 Å². The molecule has 0 bridgehead atoms. The molecule has 0 aliphatic heterocycles. The summed E-state index contributed by atoms with van der Waals surface area (Å²) in [5, 5.41) is 6.46. The molecule has 6 nitrogen and oxygen atoms in total. The van der Waals surface area contributed by atoms with Crippen molar-refractivity contribution in [3.63, 3.8) is 0 Å². The number of benzene rings is 1. The summed E-state index contributed by atoms with van der Waals surface area (Å²) in [4.78, 5) is 20.6. The highest BCUT2D eigenvalue weighted by Gasteiger charge is 2.17. The molecule has 1 amide bonds. The molecule has 2 aromatic heterocycles. The van der Waals surface area contributed by atoms with Gasteiger partial charge in [0.25, 0.3) is 5.91 Å². The van der Waals surface area contributed by atoms with Gasteiger partial charge >= 0.3 is 0 Å². The largest absolute Gasteiger partial charge is 0.340 e. The van der Waals surface area contributed by atoms with Gasteiger partial charge in [0.15, 0.2) is 5.82 Å². The van der Waals surface area contributed by atoms with Crippen LogP contribution in [-0.2, 0) is 0 Å². The molecule has 1 atom stereocenters. The van der Waals surface area contributed by atoms with Crippen LogP contribution in [0.4, 0.5) is 4.39 Å². The van der Waals surface area contributed by atoms with E-state index in [1.807, 2.05) is 13.0 Å². The number of carbonyl (C=O) groups excluding carboxylic acids is 1. The maximum Gasteiger partial charge on any atom is 0.253 e. The normalized spacial score (nSPS) is 12.0. The lowest BCUT2D eigenvalue weighted by Crippen LogP contribution is -2.27.